The van der Waals surface area contributed by atoms with Crippen molar-refractivity contribution >= 4 is 19.0 Å². The zero-order chi connectivity index (χ0) is 18.8. The first kappa shape index (κ1) is 18.5. The molecule has 0 bridgehead atoms. The second kappa shape index (κ2) is 7.16. The Hall–Kier alpha value is -2.27. The molecule has 134 valence electrons. The molecule has 1 aliphatic rings. The molecule has 3 rings (SSSR count). The average molecular weight is 348 g/mol. The van der Waals surface area contributed by atoms with Crippen LogP contribution in [-0.4, -0.2) is 23.6 Å². The third-order valence-electron chi connectivity index (χ3n) is 5.48. The summed E-state index contributed by atoms with van der Waals surface area (Å²) in [7, 11) is 0.440. The molecule has 0 radical (unpaired) electrons. The van der Waals surface area contributed by atoms with Crippen LogP contribution < -0.4 is 5.46 Å². The Morgan fingerprint density at radius 1 is 1.12 bits per heavy atom. The largest absolute Gasteiger partial charge is 0.427 e. The molecule has 0 atom stereocenters. The first-order valence-electron chi connectivity index (χ1n) is 9.06. The lowest BCUT2D eigenvalue weighted by Crippen LogP contribution is -2.47. The molecule has 0 saturated carbocycles. The highest BCUT2D eigenvalue weighted by Crippen LogP contribution is 2.29. The van der Waals surface area contributed by atoms with E-state index in [0.717, 1.165) is 29.6 Å². The van der Waals surface area contributed by atoms with Crippen molar-refractivity contribution in [1.82, 2.24) is 4.98 Å². The molecular formula is C21H25BN2O2. The lowest BCUT2D eigenvalue weighted by molar-refractivity contribution is 0.0467. The van der Waals surface area contributed by atoms with E-state index in [2.05, 4.69) is 52.6 Å². The van der Waals surface area contributed by atoms with Crippen LogP contribution >= 0.6 is 0 Å². The van der Waals surface area contributed by atoms with Crippen molar-refractivity contribution < 1.29 is 4.65 Å². The lowest BCUT2D eigenvalue weighted by atomic mass is 9.81. The fourth-order valence-corrected chi connectivity index (χ4v) is 2.92. The number of pyridine rings is 1. The minimum absolute atomic E-state index is 0.440. The Bertz CT molecular complexity index is 826. The third-order valence-corrected chi connectivity index (χ3v) is 5.48. The third kappa shape index (κ3) is 3.63. The van der Waals surface area contributed by atoms with E-state index in [1.807, 2.05) is 20.0 Å². The highest BCUT2D eigenvalue weighted by Gasteiger charge is 2.39. The van der Waals surface area contributed by atoms with Gasteiger partial charge in [-0.2, -0.15) is 4.91 Å². The summed E-state index contributed by atoms with van der Waals surface area (Å²) in [6, 6.07) is 10.4. The van der Waals surface area contributed by atoms with Gasteiger partial charge in [0.15, 0.2) is 0 Å². The van der Waals surface area contributed by atoms with E-state index in [1.165, 1.54) is 11.1 Å². The van der Waals surface area contributed by atoms with E-state index in [-0.39, 0.29) is 0 Å². The van der Waals surface area contributed by atoms with E-state index < -0.39 is 11.1 Å². The van der Waals surface area contributed by atoms with Gasteiger partial charge in [0.25, 0.3) is 0 Å². The molecule has 0 aliphatic heterocycles. The van der Waals surface area contributed by atoms with Crippen molar-refractivity contribution in [3.8, 4) is 11.3 Å². The van der Waals surface area contributed by atoms with Gasteiger partial charge in [-0.15, -0.1) is 0 Å². The Balaban J connectivity index is 1.76. The predicted octanol–water partition coefficient (Wildman–Crippen LogP) is 4.03. The van der Waals surface area contributed by atoms with Gasteiger partial charge in [-0.05, 0) is 57.7 Å². The fourth-order valence-electron chi connectivity index (χ4n) is 2.92. The molecule has 1 aromatic carbocycles. The van der Waals surface area contributed by atoms with Gasteiger partial charge in [0.2, 0.25) is 0 Å². The molecule has 0 unspecified atom stereocenters. The van der Waals surface area contributed by atoms with E-state index in [0.29, 0.717) is 7.48 Å². The minimum Gasteiger partial charge on any atom is -0.427 e. The fraction of sp³-hybridized carbons (Fsp3) is 0.381. The topological polar surface area (TPSA) is 51.5 Å². The zero-order valence-electron chi connectivity index (χ0n) is 16.0. The quantitative estimate of drug-likeness (QED) is 0.585. The van der Waals surface area contributed by atoms with E-state index in [1.54, 1.807) is 13.8 Å². The number of allylic oxidation sites excluding steroid dienone is 1. The summed E-state index contributed by atoms with van der Waals surface area (Å²) < 4.78 is 5.99. The van der Waals surface area contributed by atoms with E-state index >= 15 is 0 Å². The summed E-state index contributed by atoms with van der Waals surface area (Å²) in [5.74, 6) is 0. The van der Waals surface area contributed by atoms with Gasteiger partial charge in [0.1, 0.15) is 5.54 Å². The summed E-state index contributed by atoms with van der Waals surface area (Å²) in [5, 5.41) is 3.21. The first-order chi connectivity index (χ1) is 12.3. The minimum atomic E-state index is -0.784. The van der Waals surface area contributed by atoms with Gasteiger partial charge >= 0.3 is 7.48 Å². The molecule has 2 aromatic rings. The molecule has 5 heteroatoms. The van der Waals surface area contributed by atoms with E-state index in [4.69, 9.17) is 4.65 Å². The molecule has 1 aliphatic carbocycles. The molecule has 4 nitrogen and oxygen atoms in total. The standard InChI is InChI=1S/C21H25BN2O2/c1-20(2,24-25)21(3,4)26-22-17-11-9-16(10-12-17)19-18-8-6-5-7-15(18)13-14-23-19/h5,7,9-14,22H,6,8H2,1-4H3. The van der Waals surface area contributed by atoms with Crippen molar-refractivity contribution in [1.29, 1.82) is 0 Å². The molecule has 0 saturated heterocycles. The van der Waals surface area contributed by atoms with Crippen LogP contribution in [0.2, 0.25) is 0 Å². The molecule has 0 spiro atoms. The number of hydrogen-bond donors (Lipinski definition) is 0. The molecule has 1 aromatic heterocycles. The second-order valence-corrected chi connectivity index (χ2v) is 7.81. The lowest BCUT2D eigenvalue weighted by Gasteiger charge is -2.36. The number of nitroso groups, excluding NO2 is 1. The second-order valence-electron chi connectivity index (χ2n) is 7.81. The van der Waals surface area contributed by atoms with Crippen molar-refractivity contribution in [2.24, 2.45) is 5.18 Å². The first-order valence-corrected chi connectivity index (χ1v) is 9.06. The zero-order valence-corrected chi connectivity index (χ0v) is 16.0. The van der Waals surface area contributed by atoms with Gasteiger partial charge in [-0.25, -0.2) is 0 Å². The number of nitrogens with zero attached hydrogens (tertiary/aromatic N) is 2. The van der Waals surface area contributed by atoms with Crippen molar-refractivity contribution in [2.45, 2.75) is 51.7 Å². The normalized spacial score (nSPS) is 14.0. The average Bonchev–Trinajstić information content (AvgIpc) is 2.66. The maximum absolute atomic E-state index is 11.1. The van der Waals surface area contributed by atoms with Crippen LogP contribution in [0.4, 0.5) is 0 Å². The monoisotopic (exact) mass is 348 g/mol. The Kier molecular flexibility index (Phi) is 5.10. The molecule has 0 fully saturated rings. The maximum atomic E-state index is 11.1. The maximum Gasteiger partial charge on any atom is 0.309 e. The summed E-state index contributed by atoms with van der Waals surface area (Å²) >= 11 is 0. The highest BCUT2D eigenvalue weighted by atomic mass is 16.5. The molecule has 26 heavy (non-hydrogen) atoms. The summed E-state index contributed by atoms with van der Waals surface area (Å²) in [4.78, 5) is 15.7. The van der Waals surface area contributed by atoms with Crippen LogP contribution in [0.3, 0.4) is 0 Å². The van der Waals surface area contributed by atoms with Crippen molar-refractivity contribution in [3.05, 3.63) is 58.6 Å². The summed E-state index contributed by atoms with van der Waals surface area (Å²) in [5.41, 5.74) is 4.40. The van der Waals surface area contributed by atoms with Gasteiger partial charge in [0.05, 0.1) is 11.3 Å². The van der Waals surface area contributed by atoms with E-state index in [9.17, 15) is 4.91 Å². The van der Waals surface area contributed by atoms with Crippen LogP contribution in [0.1, 0.15) is 45.2 Å². The molecule has 0 N–H and O–H groups in total. The van der Waals surface area contributed by atoms with Gasteiger partial charge < -0.3 is 4.65 Å². The smallest absolute Gasteiger partial charge is 0.309 e. The summed E-state index contributed by atoms with van der Waals surface area (Å²) in [6.07, 6.45) is 8.36. The molecule has 1 heterocycles. The van der Waals surface area contributed by atoms with Gasteiger partial charge in [0, 0.05) is 11.8 Å². The van der Waals surface area contributed by atoms with Crippen LogP contribution in [0.5, 0.6) is 0 Å². The SMILES string of the molecule is CC(C)(N=O)C(C)(C)OBc1ccc(-c2nccc3c2CCC=C3)cc1. The van der Waals surface area contributed by atoms with Gasteiger partial charge in [-0.3, -0.25) is 4.98 Å². The number of benzene rings is 1. The Labute approximate surface area is 155 Å². The van der Waals surface area contributed by atoms with Crippen molar-refractivity contribution in [3.63, 3.8) is 0 Å². The summed E-state index contributed by atoms with van der Waals surface area (Å²) in [6.45, 7) is 7.39. The number of hydrogen-bond acceptors (Lipinski definition) is 4. The van der Waals surface area contributed by atoms with Crippen molar-refractivity contribution in [2.75, 3.05) is 0 Å². The number of rotatable bonds is 6. The van der Waals surface area contributed by atoms with Crippen LogP contribution in [0.25, 0.3) is 17.3 Å². The number of aromatic nitrogens is 1. The molecule has 0 amide bonds. The highest BCUT2D eigenvalue weighted by molar-refractivity contribution is 6.47. The Morgan fingerprint density at radius 2 is 1.85 bits per heavy atom. The van der Waals surface area contributed by atoms with Crippen LogP contribution in [0, 0.1) is 4.91 Å². The molecular weight excluding hydrogens is 323 g/mol. The number of fused-ring (bicyclic) bond motifs is 1. The Morgan fingerprint density at radius 3 is 2.54 bits per heavy atom. The van der Waals surface area contributed by atoms with Crippen LogP contribution in [-0.2, 0) is 11.1 Å². The van der Waals surface area contributed by atoms with Crippen LogP contribution in [0.15, 0.2) is 47.8 Å². The van der Waals surface area contributed by atoms with Gasteiger partial charge in [-0.1, -0.05) is 47.1 Å². The predicted molar refractivity (Wildman–Crippen MR) is 109 cm³/mol.